The van der Waals surface area contributed by atoms with Crippen LogP contribution in [0.15, 0.2) is 35.2 Å². The topological polar surface area (TPSA) is 126 Å². The number of nitrogens with one attached hydrogen (secondary N) is 1. The Balaban J connectivity index is 2.67. The molecule has 0 aromatic heterocycles. The highest BCUT2D eigenvalue weighted by molar-refractivity contribution is 7.89. The number of carboxylic acids is 2. The van der Waals surface area contributed by atoms with Crippen molar-refractivity contribution in [2.24, 2.45) is 0 Å². The Labute approximate surface area is 122 Å². The predicted octanol–water partition coefficient (Wildman–Crippen LogP) is -1.74. The molecule has 0 amide bonds. The van der Waals surface area contributed by atoms with Gasteiger partial charge in [0.2, 0.25) is 10.0 Å². The first kappa shape index (κ1) is 16.9. The third kappa shape index (κ3) is 6.19. The summed E-state index contributed by atoms with van der Waals surface area (Å²) in [6.45, 7) is -0.0113. The van der Waals surface area contributed by atoms with E-state index in [2.05, 4.69) is 4.72 Å². The maximum Gasteiger partial charge on any atom is 0.240 e. The Morgan fingerprint density at radius 3 is 2.29 bits per heavy atom. The maximum atomic E-state index is 11.9. The normalized spacial score (nSPS) is 11.6. The monoisotopic (exact) mass is 311 g/mol. The summed E-state index contributed by atoms with van der Waals surface area (Å²) < 4.78 is 26.0. The maximum absolute atomic E-state index is 11.9. The summed E-state index contributed by atoms with van der Waals surface area (Å²) in [7, 11) is -3.72. The molecule has 8 heteroatoms. The molecule has 0 unspecified atom stereocenters. The second kappa shape index (κ2) is 7.55. The van der Waals surface area contributed by atoms with Gasteiger partial charge in [-0.2, -0.15) is 0 Å². The Hall–Kier alpha value is -2.19. The Bertz CT molecular complexity index is 633. The first-order valence-electron chi connectivity index (χ1n) is 6.00. The van der Waals surface area contributed by atoms with E-state index in [0.29, 0.717) is 5.56 Å². The fraction of sp³-hybridized carbons (Fsp3) is 0.231. The first-order chi connectivity index (χ1) is 9.81. The fourth-order valence-corrected chi connectivity index (χ4v) is 2.52. The first-order valence-corrected chi connectivity index (χ1v) is 7.48. The van der Waals surface area contributed by atoms with Gasteiger partial charge in [-0.3, -0.25) is 0 Å². The molecule has 21 heavy (non-hydrogen) atoms. The van der Waals surface area contributed by atoms with Crippen molar-refractivity contribution < 1.29 is 28.2 Å². The average molecular weight is 311 g/mol. The molecule has 0 saturated heterocycles. The molecular weight excluding hydrogens is 298 g/mol. The van der Waals surface area contributed by atoms with Crippen LogP contribution >= 0.6 is 0 Å². The summed E-state index contributed by atoms with van der Waals surface area (Å²) in [4.78, 5) is 20.4. The minimum absolute atomic E-state index is 0.00144. The Morgan fingerprint density at radius 1 is 1.14 bits per heavy atom. The molecule has 0 bridgehead atoms. The van der Waals surface area contributed by atoms with Crippen LogP contribution in [0.1, 0.15) is 18.4 Å². The van der Waals surface area contributed by atoms with Gasteiger partial charge in [-0.05, 0) is 36.6 Å². The molecule has 114 valence electrons. The zero-order valence-corrected chi connectivity index (χ0v) is 11.8. The van der Waals surface area contributed by atoms with Crippen molar-refractivity contribution >= 4 is 28.0 Å². The van der Waals surface area contributed by atoms with Gasteiger partial charge in [0, 0.05) is 12.5 Å². The molecule has 0 spiro atoms. The molecule has 0 saturated carbocycles. The van der Waals surface area contributed by atoms with Gasteiger partial charge in [0.05, 0.1) is 10.9 Å². The van der Waals surface area contributed by atoms with Gasteiger partial charge < -0.3 is 19.8 Å². The van der Waals surface area contributed by atoms with E-state index in [1.165, 1.54) is 30.3 Å². The van der Waals surface area contributed by atoms with Crippen LogP contribution in [0.4, 0.5) is 0 Å². The fourth-order valence-electron chi connectivity index (χ4n) is 1.44. The number of hydrogen-bond acceptors (Lipinski definition) is 6. The number of rotatable bonds is 8. The van der Waals surface area contributed by atoms with Crippen molar-refractivity contribution in [2.45, 2.75) is 17.7 Å². The number of carbonyl (C=O) groups excluding carboxylic acids is 2. The van der Waals surface area contributed by atoms with Crippen molar-refractivity contribution in [3.8, 4) is 0 Å². The largest absolute Gasteiger partial charge is 0.550 e. The molecule has 1 N–H and O–H groups in total. The molecule has 1 rings (SSSR count). The highest BCUT2D eigenvalue weighted by atomic mass is 32.2. The Morgan fingerprint density at radius 2 is 1.76 bits per heavy atom. The van der Waals surface area contributed by atoms with Crippen LogP contribution < -0.4 is 14.9 Å². The molecule has 7 nitrogen and oxygen atoms in total. The van der Waals surface area contributed by atoms with Gasteiger partial charge in [-0.25, -0.2) is 13.1 Å². The zero-order chi connectivity index (χ0) is 15.9. The van der Waals surface area contributed by atoms with E-state index in [1.54, 1.807) is 0 Å². The van der Waals surface area contributed by atoms with E-state index in [9.17, 15) is 28.2 Å². The highest BCUT2D eigenvalue weighted by Gasteiger charge is 2.12. The number of carbonyl (C=O) groups is 2. The van der Waals surface area contributed by atoms with Crippen molar-refractivity contribution in [2.75, 3.05) is 6.54 Å². The minimum atomic E-state index is -3.72. The quantitative estimate of drug-likeness (QED) is 0.448. The van der Waals surface area contributed by atoms with Crippen molar-refractivity contribution in [3.05, 3.63) is 35.9 Å². The van der Waals surface area contributed by atoms with Gasteiger partial charge in [0.1, 0.15) is 0 Å². The van der Waals surface area contributed by atoms with E-state index in [-0.39, 0.29) is 24.3 Å². The highest BCUT2D eigenvalue weighted by Crippen LogP contribution is 2.11. The van der Waals surface area contributed by atoms with Crippen molar-refractivity contribution in [1.29, 1.82) is 0 Å². The van der Waals surface area contributed by atoms with Crippen LogP contribution in [-0.2, 0) is 19.6 Å². The Kier molecular flexibility index (Phi) is 6.07. The second-order valence-corrected chi connectivity index (χ2v) is 5.86. The van der Waals surface area contributed by atoms with Gasteiger partial charge in [0.15, 0.2) is 0 Å². The van der Waals surface area contributed by atoms with Gasteiger partial charge in [0.25, 0.3) is 0 Å². The summed E-state index contributed by atoms with van der Waals surface area (Å²) in [6.07, 6.45) is 2.02. The summed E-state index contributed by atoms with van der Waals surface area (Å²) in [5, 5.41) is 20.4. The molecular formula is C13H13NO6S-2. The number of hydrogen-bond donors (Lipinski definition) is 1. The van der Waals surface area contributed by atoms with Crippen LogP contribution in [0, 0.1) is 0 Å². The number of benzene rings is 1. The molecule has 0 aliphatic carbocycles. The summed E-state index contributed by atoms with van der Waals surface area (Å²) in [6, 6.07) is 5.51. The van der Waals surface area contributed by atoms with Gasteiger partial charge in [-0.15, -0.1) is 0 Å². The lowest BCUT2D eigenvalue weighted by Gasteiger charge is -2.07. The smallest absolute Gasteiger partial charge is 0.240 e. The van der Waals surface area contributed by atoms with E-state index < -0.39 is 22.0 Å². The molecule has 0 fully saturated rings. The second-order valence-electron chi connectivity index (χ2n) is 4.09. The minimum Gasteiger partial charge on any atom is -0.550 e. The molecule has 0 atom stereocenters. The van der Waals surface area contributed by atoms with E-state index >= 15 is 0 Å². The molecule has 1 aromatic carbocycles. The van der Waals surface area contributed by atoms with E-state index in [1.807, 2.05) is 0 Å². The van der Waals surface area contributed by atoms with Crippen LogP contribution in [0.5, 0.6) is 0 Å². The standard InChI is InChI=1S/C13H15NO6S/c15-12(16)2-1-9-14-21(19,20)11-6-3-10(4-7-11)5-8-13(17)18/h3-8,14H,1-2,9H2,(H,15,16)(H,17,18)/p-2/b8-5+. The lowest BCUT2D eigenvalue weighted by Crippen LogP contribution is -2.27. The van der Waals surface area contributed by atoms with Crippen LogP contribution in [0.2, 0.25) is 0 Å². The van der Waals surface area contributed by atoms with Crippen LogP contribution in [0.25, 0.3) is 6.08 Å². The molecule has 0 heterocycles. The van der Waals surface area contributed by atoms with Crippen LogP contribution in [-0.4, -0.2) is 26.9 Å². The van der Waals surface area contributed by atoms with Crippen LogP contribution in [0.3, 0.4) is 0 Å². The van der Waals surface area contributed by atoms with Gasteiger partial charge in [-0.1, -0.05) is 18.2 Å². The lowest BCUT2D eigenvalue weighted by atomic mass is 10.2. The van der Waals surface area contributed by atoms with Crippen molar-refractivity contribution in [1.82, 2.24) is 4.72 Å². The summed E-state index contributed by atoms with van der Waals surface area (Å²) in [5.74, 6) is -2.58. The molecule has 1 aromatic rings. The number of aliphatic carboxylic acids is 2. The molecule has 0 radical (unpaired) electrons. The average Bonchev–Trinajstić information content (AvgIpc) is 2.41. The zero-order valence-electron chi connectivity index (χ0n) is 10.9. The van der Waals surface area contributed by atoms with Crippen molar-refractivity contribution in [3.63, 3.8) is 0 Å². The third-order valence-corrected chi connectivity index (χ3v) is 3.93. The molecule has 0 aliphatic heterocycles. The number of carboxylic acid groups (broad SMARTS) is 2. The number of sulfonamides is 1. The van der Waals surface area contributed by atoms with E-state index in [4.69, 9.17) is 0 Å². The lowest BCUT2D eigenvalue weighted by molar-refractivity contribution is -0.306. The van der Waals surface area contributed by atoms with Gasteiger partial charge >= 0.3 is 0 Å². The SMILES string of the molecule is O=C([O-])/C=C/c1ccc(S(=O)(=O)NCCCC(=O)[O-])cc1. The molecule has 0 aliphatic rings. The summed E-state index contributed by atoms with van der Waals surface area (Å²) >= 11 is 0. The third-order valence-electron chi connectivity index (χ3n) is 2.45. The summed E-state index contributed by atoms with van der Waals surface area (Å²) in [5.41, 5.74) is 0.509. The predicted molar refractivity (Wildman–Crippen MR) is 69.9 cm³/mol. The van der Waals surface area contributed by atoms with E-state index in [0.717, 1.165) is 6.08 Å².